The van der Waals surface area contributed by atoms with Gasteiger partial charge in [0.2, 0.25) is 5.95 Å². The Morgan fingerprint density at radius 1 is 1.28 bits per heavy atom. The molecule has 0 spiro atoms. The number of hydrogen-bond donors (Lipinski definition) is 3. The van der Waals surface area contributed by atoms with Gasteiger partial charge in [-0.3, -0.25) is 9.78 Å². The molecular formula is C16H16N6O3. The quantitative estimate of drug-likeness (QED) is 0.616. The molecule has 4 N–H and O–H groups in total. The Kier molecular flexibility index (Phi) is 4.29. The van der Waals surface area contributed by atoms with E-state index >= 15 is 0 Å². The van der Waals surface area contributed by atoms with E-state index in [0.29, 0.717) is 18.7 Å². The van der Waals surface area contributed by atoms with E-state index in [1.54, 1.807) is 30.5 Å². The van der Waals surface area contributed by atoms with Gasteiger partial charge < -0.3 is 15.7 Å². The number of hydrogen-bond acceptors (Lipinski definition) is 7. The van der Waals surface area contributed by atoms with E-state index < -0.39 is 11.5 Å². The van der Waals surface area contributed by atoms with Crippen molar-refractivity contribution in [1.82, 2.24) is 19.9 Å². The van der Waals surface area contributed by atoms with Gasteiger partial charge in [-0.25, -0.2) is 14.8 Å². The summed E-state index contributed by atoms with van der Waals surface area (Å²) in [5.41, 5.74) is 7.19. The molecule has 0 aliphatic rings. The molecule has 0 saturated heterocycles. The lowest BCUT2D eigenvalue weighted by molar-refractivity contribution is 0.0697. The van der Waals surface area contributed by atoms with Gasteiger partial charge in [0, 0.05) is 25.7 Å². The van der Waals surface area contributed by atoms with Crippen LogP contribution in [-0.2, 0) is 6.42 Å². The summed E-state index contributed by atoms with van der Waals surface area (Å²) in [6.07, 6.45) is 2.12. The third kappa shape index (κ3) is 3.55. The maximum absolute atomic E-state index is 11.9. The van der Waals surface area contributed by atoms with Crippen molar-refractivity contribution in [2.45, 2.75) is 6.42 Å². The molecular weight excluding hydrogens is 324 g/mol. The zero-order valence-electron chi connectivity index (χ0n) is 13.4. The van der Waals surface area contributed by atoms with Gasteiger partial charge in [-0.15, -0.1) is 0 Å². The number of carbonyl (C=O) groups is 1. The lowest BCUT2D eigenvalue weighted by Crippen LogP contribution is -2.21. The summed E-state index contributed by atoms with van der Waals surface area (Å²) in [4.78, 5) is 39.4. The molecule has 0 atom stereocenters. The van der Waals surface area contributed by atoms with Gasteiger partial charge in [0.25, 0.3) is 5.56 Å². The van der Waals surface area contributed by atoms with Crippen LogP contribution in [0.15, 0.2) is 35.3 Å². The molecule has 1 aromatic carbocycles. The van der Waals surface area contributed by atoms with Crippen LogP contribution in [0.4, 0.5) is 11.6 Å². The van der Waals surface area contributed by atoms with E-state index in [-0.39, 0.29) is 22.7 Å². The number of aromatic carboxylic acids is 1. The first kappa shape index (κ1) is 16.4. The van der Waals surface area contributed by atoms with Crippen molar-refractivity contribution in [3.8, 4) is 0 Å². The highest BCUT2D eigenvalue weighted by Crippen LogP contribution is 2.14. The molecule has 0 unspecified atom stereocenters. The number of carboxylic acid groups (broad SMARTS) is 1. The van der Waals surface area contributed by atoms with Crippen LogP contribution in [-0.4, -0.2) is 44.6 Å². The molecule has 0 fully saturated rings. The fraction of sp³-hybridized carbons (Fsp3) is 0.188. The number of nitrogen functional groups attached to an aromatic ring is 1. The second-order valence-corrected chi connectivity index (χ2v) is 5.51. The number of benzene rings is 1. The van der Waals surface area contributed by atoms with E-state index in [9.17, 15) is 9.59 Å². The SMILES string of the molecule is CN(CCc1cnc2nc(N)[nH]c(=O)c2n1)c1ccc(C(=O)O)cc1. The highest BCUT2D eigenvalue weighted by atomic mass is 16.4. The van der Waals surface area contributed by atoms with Gasteiger partial charge in [0.15, 0.2) is 11.2 Å². The number of fused-ring (bicyclic) bond motifs is 1. The average Bonchev–Trinajstić information content (AvgIpc) is 2.60. The largest absolute Gasteiger partial charge is 0.478 e. The number of rotatable bonds is 5. The molecule has 9 heteroatoms. The first-order chi connectivity index (χ1) is 11.9. The van der Waals surface area contributed by atoms with Crippen LogP contribution < -0.4 is 16.2 Å². The number of nitrogens with two attached hydrogens (primary N) is 1. The number of anilines is 2. The first-order valence-electron chi connectivity index (χ1n) is 7.50. The molecule has 3 rings (SSSR count). The van der Waals surface area contributed by atoms with Gasteiger partial charge in [0.1, 0.15) is 0 Å². The Hall–Kier alpha value is -3.49. The summed E-state index contributed by atoms with van der Waals surface area (Å²) in [5.74, 6) is -0.954. The summed E-state index contributed by atoms with van der Waals surface area (Å²) in [6, 6.07) is 6.60. The van der Waals surface area contributed by atoms with Crippen molar-refractivity contribution in [3.05, 3.63) is 52.1 Å². The smallest absolute Gasteiger partial charge is 0.335 e. The van der Waals surface area contributed by atoms with E-state index in [1.807, 2.05) is 11.9 Å². The number of H-pyrrole nitrogens is 1. The molecule has 9 nitrogen and oxygen atoms in total. The highest BCUT2D eigenvalue weighted by Gasteiger charge is 2.09. The van der Waals surface area contributed by atoms with Crippen molar-refractivity contribution in [2.75, 3.05) is 24.2 Å². The summed E-state index contributed by atoms with van der Waals surface area (Å²) in [7, 11) is 1.89. The number of aromatic amines is 1. The van der Waals surface area contributed by atoms with Crippen LogP contribution in [0.1, 0.15) is 16.1 Å². The topological polar surface area (TPSA) is 138 Å². The minimum atomic E-state index is -0.958. The second kappa shape index (κ2) is 6.56. The van der Waals surface area contributed by atoms with Crippen LogP contribution in [0.25, 0.3) is 11.2 Å². The lowest BCUT2D eigenvalue weighted by atomic mass is 10.2. The zero-order valence-corrected chi connectivity index (χ0v) is 13.4. The summed E-state index contributed by atoms with van der Waals surface area (Å²) >= 11 is 0. The Morgan fingerprint density at radius 2 is 2.00 bits per heavy atom. The molecule has 0 saturated carbocycles. The number of nitrogens with zero attached hydrogens (tertiary/aromatic N) is 4. The van der Waals surface area contributed by atoms with Crippen LogP contribution in [0.5, 0.6) is 0 Å². The van der Waals surface area contributed by atoms with Gasteiger partial charge in [-0.05, 0) is 24.3 Å². The Balaban J connectivity index is 1.73. The molecule has 128 valence electrons. The van der Waals surface area contributed by atoms with Crippen LogP contribution >= 0.6 is 0 Å². The highest BCUT2D eigenvalue weighted by molar-refractivity contribution is 5.88. The monoisotopic (exact) mass is 340 g/mol. The number of nitrogens with one attached hydrogen (secondary N) is 1. The normalized spacial score (nSPS) is 10.8. The molecule has 2 aromatic heterocycles. The first-order valence-corrected chi connectivity index (χ1v) is 7.50. The van der Waals surface area contributed by atoms with E-state index in [2.05, 4.69) is 19.9 Å². The Labute approximate surface area is 142 Å². The van der Waals surface area contributed by atoms with Crippen molar-refractivity contribution in [1.29, 1.82) is 0 Å². The molecule has 0 aliphatic carbocycles. The minimum Gasteiger partial charge on any atom is -0.478 e. The fourth-order valence-corrected chi connectivity index (χ4v) is 2.36. The van der Waals surface area contributed by atoms with E-state index in [0.717, 1.165) is 5.69 Å². The van der Waals surface area contributed by atoms with Crippen molar-refractivity contribution in [3.63, 3.8) is 0 Å². The predicted octanol–water partition coefficient (Wildman–Crippen LogP) is 0.672. The van der Waals surface area contributed by atoms with Crippen LogP contribution in [0.3, 0.4) is 0 Å². The summed E-state index contributed by atoms with van der Waals surface area (Å²) in [6.45, 7) is 0.618. The third-order valence-corrected chi connectivity index (χ3v) is 3.74. The third-order valence-electron chi connectivity index (χ3n) is 3.74. The summed E-state index contributed by atoms with van der Waals surface area (Å²) < 4.78 is 0. The predicted molar refractivity (Wildman–Crippen MR) is 92.7 cm³/mol. The lowest BCUT2D eigenvalue weighted by Gasteiger charge is -2.19. The number of aromatic nitrogens is 4. The summed E-state index contributed by atoms with van der Waals surface area (Å²) in [5, 5.41) is 8.92. The molecule has 0 bridgehead atoms. The van der Waals surface area contributed by atoms with Crippen molar-refractivity contribution < 1.29 is 9.90 Å². The average molecular weight is 340 g/mol. The molecule has 25 heavy (non-hydrogen) atoms. The minimum absolute atomic E-state index is 0.00379. The number of carboxylic acids is 1. The Bertz CT molecular complexity index is 983. The number of likely N-dealkylation sites (N-methyl/N-ethyl adjacent to an activating group) is 1. The maximum atomic E-state index is 11.9. The standard InChI is InChI=1S/C16H16N6O3/c1-22(11-4-2-9(3-5-11)15(24)25)7-6-10-8-18-13-12(19-10)14(23)21-16(17)20-13/h2-5,8H,6-7H2,1H3,(H,24,25)(H3,17,18,20,21,23). The van der Waals surface area contributed by atoms with E-state index in [1.165, 1.54) is 0 Å². The zero-order chi connectivity index (χ0) is 18.0. The van der Waals surface area contributed by atoms with Gasteiger partial charge >= 0.3 is 5.97 Å². The molecule has 0 radical (unpaired) electrons. The van der Waals surface area contributed by atoms with Gasteiger partial charge in [0.05, 0.1) is 17.5 Å². The van der Waals surface area contributed by atoms with Crippen LogP contribution in [0, 0.1) is 0 Å². The Morgan fingerprint density at radius 3 is 2.68 bits per heavy atom. The molecule has 0 amide bonds. The second-order valence-electron chi connectivity index (χ2n) is 5.51. The van der Waals surface area contributed by atoms with Crippen molar-refractivity contribution >= 4 is 28.8 Å². The van der Waals surface area contributed by atoms with Crippen LogP contribution in [0.2, 0.25) is 0 Å². The van der Waals surface area contributed by atoms with Gasteiger partial charge in [-0.2, -0.15) is 4.98 Å². The molecule has 2 heterocycles. The maximum Gasteiger partial charge on any atom is 0.335 e. The molecule has 3 aromatic rings. The van der Waals surface area contributed by atoms with Crippen molar-refractivity contribution in [2.24, 2.45) is 0 Å². The molecule has 0 aliphatic heterocycles. The fourth-order valence-electron chi connectivity index (χ4n) is 2.36. The van der Waals surface area contributed by atoms with Gasteiger partial charge in [-0.1, -0.05) is 0 Å². The van der Waals surface area contributed by atoms with E-state index in [4.69, 9.17) is 10.8 Å².